The molecule has 2 N–H and O–H groups in total. The number of benzene rings is 1. The van der Waals surface area contributed by atoms with E-state index in [1.807, 2.05) is 25.1 Å². The van der Waals surface area contributed by atoms with Gasteiger partial charge in [-0.15, -0.1) is 0 Å². The van der Waals surface area contributed by atoms with Crippen LogP contribution >= 0.6 is 11.6 Å². The maximum absolute atomic E-state index is 5.93. The van der Waals surface area contributed by atoms with Crippen molar-refractivity contribution in [3.05, 3.63) is 52.7 Å². The summed E-state index contributed by atoms with van der Waals surface area (Å²) in [5.74, 6) is 1.19. The van der Waals surface area contributed by atoms with Gasteiger partial charge in [0.25, 0.3) is 0 Å². The third-order valence-corrected chi connectivity index (χ3v) is 2.59. The van der Waals surface area contributed by atoms with Gasteiger partial charge in [0.15, 0.2) is 0 Å². The number of hydrogen-bond acceptors (Lipinski definition) is 3. The fourth-order valence-corrected chi connectivity index (χ4v) is 1.63. The van der Waals surface area contributed by atoms with Gasteiger partial charge in [0.2, 0.25) is 5.88 Å². The second-order valence-electron chi connectivity index (χ2n) is 3.73. The summed E-state index contributed by atoms with van der Waals surface area (Å²) < 4.78 is 5.69. The zero-order valence-corrected chi connectivity index (χ0v) is 10.2. The summed E-state index contributed by atoms with van der Waals surface area (Å²) >= 11 is 5.93. The number of aryl methyl sites for hydroxylation is 1. The van der Waals surface area contributed by atoms with Gasteiger partial charge in [-0.3, -0.25) is 0 Å². The molecule has 88 valence electrons. The topological polar surface area (TPSA) is 48.1 Å². The number of nitrogens with two attached hydrogens (primary N) is 1. The minimum Gasteiger partial charge on any atom is -0.439 e. The third kappa shape index (κ3) is 2.96. The lowest BCUT2D eigenvalue weighted by Crippen LogP contribution is -2.00. The smallest absolute Gasteiger partial charge is 0.219 e. The lowest BCUT2D eigenvalue weighted by molar-refractivity contribution is 0.457. The van der Waals surface area contributed by atoms with E-state index in [0.717, 1.165) is 11.1 Å². The van der Waals surface area contributed by atoms with Crippen molar-refractivity contribution in [2.24, 2.45) is 5.73 Å². The maximum Gasteiger partial charge on any atom is 0.219 e. The number of halogens is 1. The molecule has 0 bridgehead atoms. The number of ether oxygens (including phenoxy) is 1. The fourth-order valence-electron chi connectivity index (χ4n) is 1.47. The van der Waals surface area contributed by atoms with Crippen molar-refractivity contribution in [3.63, 3.8) is 0 Å². The van der Waals surface area contributed by atoms with Crippen molar-refractivity contribution in [1.82, 2.24) is 4.98 Å². The van der Waals surface area contributed by atoms with Gasteiger partial charge in [-0.25, -0.2) is 4.98 Å². The average Bonchev–Trinajstić information content (AvgIpc) is 2.29. The molecule has 0 spiro atoms. The summed E-state index contributed by atoms with van der Waals surface area (Å²) in [4.78, 5) is 4.13. The van der Waals surface area contributed by atoms with E-state index in [1.54, 1.807) is 18.3 Å². The number of aromatic nitrogens is 1. The van der Waals surface area contributed by atoms with Crippen LogP contribution in [-0.2, 0) is 6.54 Å². The molecule has 0 aliphatic carbocycles. The van der Waals surface area contributed by atoms with E-state index in [2.05, 4.69) is 4.98 Å². The Morgan fingerprint density at radius 2 is 2.12 bits per heavy atom. The highest BCUT2D eigenvalue weighted by Crippen LogP contribution is 2.27. The monoisotopic (exact) mass is 248 g/mol. The molecular weight excluding hydrogens is 236 g/mol. The van der Waals surface area contributed by atoms with Crippen LogP contribution in [0.2, 0.25) is 5.02 Å². The molecule has 4 heteroatoms. The van der Waals surface area contributed by atoms with Crippen LogP contribution < -0.4 is 10.5 Å². The molecule has 1 aromatic carbocycles. The van der Waals surface area contributed by atoms with Gasteiger partial charge in [0.1, 0.15) is 5.75 Å². The first-order valence-electron chi connectivity index (χ1n) is 5.28. The molecule has 0 amide bonds. The molecule has 2 rings (SSSR count). The Morgan fingerprint density at radius 1 is 1.29 bits per heavy atom. The van der Waals surface area contributed by atoms with Crippen LogP contribution in [0.5, 0.6) is 11.6 Å². The highest BCUT2D eigenvalue weighted by molar-refractivity contribution is 6.30. The van der Waals surface area contributed by atoms with Crippen molar-refractivity contribution < 1.29 is 4.74 Å². The standard InChI is InChI=1S/C13H13ClN2O/c1-9-4-5-16-13(6-9)17-12-7-11(14)3-2-10(12)8-15/h2-7H,8,15H2,1H3. The molecule has 1 aromatic heterocycles. The van der Waals surface area contributed by atoms with Crippen molar-refractivity contribution >= 4 is 11.6 Å². The van der Waals surface area contributed by atoms with Gasteiger partial charge in [-0.2, -0.15) is 0 Å². The predicted molar refractivity (Wildman–Crippen MR) is 68.4 cm³/mol. The molecule has 0 atom stereocenters. The normalized spacial score (nSPS) is 10.3. The van der Waals surface area contributed by atoms with Crippen LogP contribution in [0.25, 0.3) is 0 Å². The van der Waals surface area contributed by atoms with Crippen molar-refractivity contribution in [2.75, 3.05) is 0 Å². The second kappa shape index (κ2) is 5.17. The van der Waals surface area contributed by atoms with Crippen LogP contribution in [0.1, 0.15) is 11.1 Å². The molecule has 0 fully saturated rings. The number of hydrogen-bond donors (Lipinski definition) is 1. The number of rotatable bonds is 3. The Kier molecular flexibility index (Phi) is 3.61. The Hall–Kier alpha value is -1.58. The molecule has 2 aromatic rings. The van der Waals surface area contributed by atoms with Crippen molar-refractivity contribution in [2.45, 2.75) is 13.5 Å². The molecule has 0 saturated carbocycles. The van der Waals surface area contributed by atoms with Crippen LogP contribution in [0.15, 0.2) is 36.5 Å². The summed E-state index contributed by atoms with van der Waals surface area (Å²) in [6.07, 6.45) is 1.71. The summed E-state index contributed by atoms with van der Waals surface area (Å²) in [5, 5.41) is 0.616. The first-order valence-corrected chi connectivity index (χ1v) is 5.66. The Morgan fingerprint density at radius 3 is 2.82 bits per heavy atom. The van der Waals surface area contributed by atoms with Gasteiger partial charge in [-0.05, 0) is 30.7 Å². The van der Waals surface area contributed by atoms with Gasteiger partial charge in [0.05, 0.1) is 0 Å². The lowest BCUT2D eigenvalue weighted by atomic mass is 10.2. The minimum atomic E-state index is 0.401. The van der Waals surface area contributed by atoms with E-state index in [-0.39, 0.29) is 0 Å². The van der Waals surface area contributed by atoms with E-state index >= 15 is 0 Å². The van der Waals surface area contributed by atoms with Gasteiger partial charge >= 0.3 is 0 Å². The third-order valence-electron chi connectivity index (χ3n) is 2.35. The van der Waals surface area contributed by atoms with Crippen LogP contribution in [0.3, 0.4) is 0 Å². The SMILES string of the molecule is Cc1ccnc(Oc2cc(Cl)ccc2CN)c1. The molecule has 3 nitrogen and oxygen atoms in total. The number of nitrogens with zero attached hydrogens (tertiary/aromatic N) is 1. The van der Waals surface area contributed by atoms with E-state index in [0.29, 0.717) is 23.2 Å². The molecule has 0 radical (unpaired) electrons. The summed E-state index contributed by atoms with van der Waals surface area (Å²) in [6, 6.07) is 9.16. The minimum absolute atomic E-state index is 0.401. The van der Waals surface area contributed by atoms with Crippen LogP contribution in [-0.4, -0.2) is 4.98 Å². The Bertz CT molecular complexity index is 529. The molecular formula is C13H13ClN2O. The van der Waals surface area contributed by atoms with E-state index in [4.69, 9.17) is 22.1 Å². The number of pyridine rings is 1. The van der Waals surface area contributed by atoms with Crippen LogP contribution in [0.4, 0.5) is 0 Å². The molecule has 0 saturated heterocycles. The lowest BCUT2D eigenvalue weighted by Gasteiger charge is -2.09. The molecule has 1 heterocycles. The van der Waals surface area contributed by atoms with Crippen molar-refractivity contribution in [3.8, 4) is 11.6 Å². The first kappa shape index (κ1) is 11.9. The average molecular weight is 249 g/mol. The van der Waals surface area contributed by atoms with E-state index in [9.17, 15) is 0 Å². The van der Waals surface area contributed by atoms with Crippen LogP contribution in [0, 0.1) is 6.92 Å². The molecule has 0 aliphatic heterocycles. The predicted octanol–water partition coefficient (Wildman–Crippen LogP) is 3.29. The first-order chi connectivity index (χ1) is 8.19. The Balaban J connectivity index is 2.32. The van der Waals surface area contributed by atoms with Gasteiger partial charge in [0, 0.05) is 29.4 Å². The maximum atomic E-state index is 5.93. The highest BCUT2D eigenvalue weighted by atomic mass is 35.5. The highest BCUT2D eigenvalue weighted by Gasteiger charge is 2.05. The molecule has 0 aliphatic rings. The zero-order chi connectivity index (χ0) is 12.3. The summed E-state index contributed by atoms with van der Waals surface area (Å²) in [7, 11) is 0. The second-order valence-corrected chi connectivity index (χ2v) is 4.17. The van der Waals surface area contributed by atoms with Gasteiger partial charge in [-0.1, -0.05) is 17.7 Å². The molecule has 17 heavy (non-hydrogen) atoms. The largest absolute Gasteiger partial charge is 0.439 e. The fraction of sp³-hybridized carbons (Fsp3) is 0.154. The van der Waals surface area contributed by atoms with Gasteiger partial charge < -0.3 is 10.5 Å². The summed E-state index contributed by atoms with van der Waals surface area (Å²) in [5.41, 5.74) is 7.63. The summed E-state index contributed by atoms with van der Waals surface area (Å²) in [6.45, 7) is 2.38. The zero-order valence-electron chi connectivity index (χ0n) is 9.48. The molecule has 0 unspecified atom stereocenters. The van der Waals surface area contributed by atoms with Crippen molar-refractivity contribution in [1.29, 1.82) is 0 Å². The Labute approximate surface area is 105 Å². The van der Waals surface area contributed by atoms with E-state index in [1.165, 1.54) is 0 Å². The quantitative estimate of drug-likeness (QED) is 0.907. The van der Waals surface area contributed by atoms with E-state index < -0.39 is 0 Å².